The summed E-state index contributed by atoms with van der Waals surface area (Å²) >= 11 is 10.1. The zero-order valence-electron chi connectivity index (χ0n) is 6.12. The van der Waals surface area contributed by atoms with Crippen molar-refractivity contribution in [2.45, 2.75) is 4.90 Å². The lowest BCUT2D eigenvalue weighted by Gasteiger charge is -2.04. The first kappa shape index (κ1) is 10.7. The van der Waals surface area contributed by atoms with Gasteiger partial charge in [0.15, 0.2) is 0 Å². The lowest BCUT2D eigenvalue weighted by Crippen LogP contribution is -2.12. The van der Waals surface area contributed by atoms with E-state index < -0.39 is 15.8 Å². The highest BCUT2D eigenvalue weighted by Crippen LogP contribution is 2.19. The minimum Gasteiger partial charge on any atom is -0.207 e. The van der Waals surface area contributed by atoms with Crippen LogP contribution in [0.1, 0.15) is 0 Å². The molecule has 3 nitrogen and oxygen atoms in total. The van der Waals surface area contributed by atoms with Gasteiger partial charge < -0.3 is 0 Å². The van der Waals surface area contributed by atoms with Crippen LogP contribution in [0.5, 0.6) is 0 Å². The first-order chi connectivity index (χ1) is 5.94. The highest BCUT2D eigenvalue weighted by atomic mass is 35.5. The quantitative estimate of drug-likeness (QED) is 0.747. The van der Waals surface area contributed by atoms with Gasteiger partial charge in [0, 0.05) is 23.6 Å². The van der Waals surface area contributed by atoms with Gasteiger partial charge >= 0.3 is 0 Å². The minimum atomic E-state index is -3.90. The number of hydrogen-bond acceptors (Lipinski definition) is 2. The lowest BCUT2D eigenvalue weighted by atomic mass is 10.4. The first-order valence-corrected chi connectivity index (χ1v) is 5.18. The van der Waals surface area contributed by atoms with E-state index in [1.54, 1.807) is 0 Å². The third-order valence-corrected chi connectivity index (χ3v) is 3.61. The summed E-state index contributed by atoms with van der Waals surface area (Å²) in [5.41, 5.74) is 0. The largest absolute Gasteiger partial charge is 0.270 e. The van der Waals surface area contributed by atoms with Gasteiger partial charge in [-0.05, 0) is 27.6 Å². The standard InChI is InChI=1S/C6H4Cl2FNO2S/c7-10(8)13(11,12)6-3-1-5(9)2-4-6/h1-4H. The van der Waals surface area contributed by atoms with Crippen molar-refractivity contribution in [3.8, 4) is 0 Å². The van der Waals surface area contributed by atoms with Crippen molar-refractivity contribution in [3.05, 3.63) is 30.1 Å². The van der Waals surface area contributed by atoms with Crippen LogP contribution in [0.2, 0.25) is 0 Å². The molecule has 0 aromatic heterocycles. The number of hydrogen-bond donors (Lipinski definition) is 0. The summed E-state index contributed by atoms with van der Waals surface area (Å²) in [6.07, 6.45) is 0. The van der Waals surface area contributed by atoms with Crippen LogP contribution in [0.4, 0.5) is 4.39 Å². The fourth-order valence-electron chi connectivity index (χ4n) is 0.686. The fraction of sp³-hybridized carbons (Fsp3) is 0. The Labute approximate surface area is 84.9 Å². The molecule has 0 unspecified atom stereocenters. The summed E-state index contributed by atoms with van der Waals surface area (Å²) in [7, 11) is -3.90. The van der Waals surface area contributed by atoms with Crippen LogP contribution in [-0.4, -0.2) is 11.8 Å². The Morgan fingerprint density at radius 1 is 1.15 bits per heavy atom. The van der Waals surface area contributed by atoms with E-state index in [1.165, 1.54) is 0 Å². The summed E-state index contributed by atoms with van der Waals surface area (Å²) in [6, 6.07) is 4.15. The van der Waals surface area contributed by atoms with Gasteiger partial charge in [-0.1, -0.05) is 0 Å². The van der Waals surface area contributed by atoms with Crippen LogP contribution in [-0.2, 0) is 10.0 Å². The second kappa shape index (κ2) is 3.79. The number of sulfonamides is 1. The second-order valence-electron chi connectivity index (χ2n) is 2.13. The van der Waals surface area contributed by atoms with Crippen LogP contribution in [0.3, 0.4) is 0 Å². The van der Waals surface area contributed by atoms with Crippen LogP contribution in [0.15, 0.2) is 29.2 Å². The summed E-state index contributed by atoms with van der Waals surface area (Å²) in [4.78, 5) is -0.168. The van der Waals surface area contributed by atoms with Gasteiger partial charge in [-0.15, -0.1) is 0 Å². The smallest absolute Gasteiger partial charge is 0.207 e. The maximum atomic E-state index is 12.4. The Kier molecular flexibility index (Phi) is 3.13. The molecule has 0 aliphatic carbocycles. The van der Waals surface area contributed by atoms with E-state index in [1.807, 2.05) is 0 Å². The molecule has 0 atom stereocenters. The molecule has 0 saturated carbocycles. The molecule has 7 heteroatoms. The van der Waals surface area contributed by atoms with Crippen LogP contribution in [0, 0.1) is 5.82 Å². The Morgan fingerprint density at radius 3 is 2.00 bits per heavy atom. The monoisotopic (exact) mass is 243 g/mol. The first-order valence-electron chi connectivity index (χ1n) is 3.07. The molecule has 0 bridgehead atoms. The maximum Gasteiger partial charge on any atom is 0.270 e. The van der Waals surface area contributed by atoms with E-state index in [0.717, 1.165) is 24.3 Å². The van der Waals surface area contributed by atoms with E-state index in [2.05, 4.69) is 0 Å². The van der Waals surface area contributed by atoms with Gasteiger partial charge in [0.05, 0.1) is 4.90 Å². The van der Waals surface area contributed by atoms with Crippen molar-refractivity contribution in [1.29, 1.82) is 0 Å². The summed E-state index contributed by atoms with van der Waals surface area (Å²) < 4.78 is 34.8. The maximum absolute atomic E-state index is 12.4. The van der Waals surface area contributed by atoms with Crippen LogP contribution < -0.4 is 0 Å². The normalized spacial score (nSPS) is 12.0. The van der Waals surface area contributed by atoms with Gasteiger partial charge in [-0.3, -0.25) is 0 Å². The van der Waals surface area contributed by atoms with E-state index >= 15 is 0 Å². The average Bonchev–Trinajstić information content (AvgIpc) is 2.04. The van der Waals surface area contributed by atoms with Gasteiger partial charge in [0.2, 0.25) is 0 Å². The number of halogens is 3. The molecule has 0 N–H and O–H groups in total. The molecule has 0 aliphatic rings. The zero-order chi connectivity index (χ0) is 10.1. The van der Waals surface area contributed by atoms with Crippen molar-refractivity contribution in [2.75, 3.05) is 0 Å². The predicted molar refractivity (Wildman–Crippen MR) is 47.1 cm³/mol. The molecule has 0 spiro atoms. The number of rotatable bonds is 2. The molecule has 1 aromatic rings. The zero-order valence-corrected chi connectivity index (χ0v) is 8.44. The molecule has 1 aromatic carbocycles. The molecule has 72 valence electrons. The molecule has 0 saturated heterocycles. The lowest BCUT2D eigenvalue weighted by molar-refractivity contribution is 0.578. The van der Waals surface area contributed by atoms with E-state index in [9.17, 15) is 12.8 Å². The van der Waals surface area contributed by atoms with Crippen LogP contribution >= 0.6 is 23.6 Å². The molecule has 1 rings (SSSR count). The van der Waals surface area contributed by atoms with Crippen molar-refractivity contribution < 1.29 is 12.8 Å². The fourth-order valence-corrected chi connectivity index (χ4v) is 1.80. The van der Waals surface area contributed by atoms with Crippen LogP contribution in [0.25, 0.3) is 0 Å². The number of benzene rings is 1. The summed E-state index contributed by atoms with van der Waals surface area (Å²) in [5, 5.41) is 0. The van der Waals surface area contributed by atoms with Crippen molar-refractivity contribution in [3.63, 3.8) is 0 Å². The summed E-state index contributed by atoms with van der Waals surface area (Å²) in [6.45, 7) is 0. The third kappa shape index (κ3) is 2.31. The molecule has 0 amide bonds. The molecule has 0 fully saturated rings. The summed E-state index contributed by atoms with van der Waals surface area (Å²) in [5.74, 6) is -0.533. The van der Waals surface area contributed by atoms with Gasteiger partial charge in [-0.2, -0.15) is 0 Å². The van der Waals surface area contributed by atoms with E-state index in [-0.39, 0.29) is 8.24 Å². The van der Waals surface area contributed by atoms with E-state index in [4.69, 9.17) is 23.6 Å². The van der Waals surface area contributed by atoms with Gasteiger partial charge in [-0.25, -0.2) is 12.8 Å². The third-order valence-electron chi connectivity index (χ3n) is 1.29. The number of nitrogens with zero attached hydrogens (tertiary/aromatic N) is 1. The minimum absolute atomic E-state index is 0.0280. The van der Waals surface area contributed by atoms with Crippen molar-refractivity contribution >= 4 is 33.6 Å². The topological polar surface area (TPSA) is 37.4 Å². The Morgan fingerprint density at radius 2 is 1.62 bits per heavy atom. The van der Waals surface area contributed by atoms with E-state index in [0.29, 0.717) is 0 Å². The molecule has 13 heavy (non-hydrogen) atoms. The molecular formula is C6H4Cl2FNO2S. The van der Waals surface area contributed by atoms with Crippen molar-refractivity contribution in [2.24, 2.45) is 0 Å². The SMILES string of the molecule is O=S(=O)(c1ccc(F)cc1)N(Cl)Cl. The average molecular weight is 244 g/mol. The Balaban J connectivity index is 3.17. The Bertz CT molecular complexity index is 390. The highest BCUT2D eigenvalue weighted by Gasteiger charge is 2.20. The molecule has 0 radical (unpaired) electrons. The predicted octanol–water partition coefficient (Wildman–Crippen LogP) is 2.12. The molecule has 0 aliphatic heterocycles. The Hall–Kier alpha value is -0.360. The molecular weight excluding hydrogens is 240 g/mol. The second-order valence-corrected chi connectivity index (χ2v) is 5.17. The van der Waals surface area contributed by atoms with Gasteiger partial charge in [0.1, 0.15) is 5.82 Å². The van der Waals surface area contributed by atoms with Gasteiger partial charge in [0.25, 0.3) is 10.0 Å². The molecule has 0 heterocycles. The van der Waals surface area contributed by atoms with Crippen molar-refractivity contribution in [1.82, 2.24) is 3.34 Å². The highest BCUT2D eigenvalue weighted by molar-refractivity contribution is 7.91.